The summed E-state index contributed by atoms with van der Waals surface area (Å²) in [5, 5.41) is 5.88. The maximum absolute atomic E-state index is 12.1. The number of hydrogen-bond donors (Lipinski definition) is 2. The van der Waals surface area contributed by atoms with Crippen LogP contribution >= 0.6 is 11.3 Å². The molecule has 0 radical (unpaired) electrons. The zero-order valence-electron chi connectivity index (χ0n) is 17.0. The van der Waals surface area contributed by atoms with Crippen molar-refractivity contribution in [3.63, 3.8) is 0 Å². The van der Waals surface area contributed by atoms with Gasteiger partial charge in [0.2, 0.25) is 17.6 Å². The van der Waals surface area contributed by atoms with Gasteiger partial charge in [-0.25, -0.2) is 0 Å². The van der Waals surface area contributed by atoms with Crippen LogP contribution in [0.2, 0.25) is 0 Å². The van der Waals surface area contributed by atoms with E-state index < -0.39 is 5.91 Å². The number of carbonyl (C=O) groups excluding carboxylic acids is 2. The number of hydrogen-bond acceptors (Lipinski definition) is 8. The molecule has 10 heteroatoms. The van der Waals surface area contributed by atoms with Crippen LogP contribution in [0.5, 0.6) is 0 Å². The van der Waals surface area contributed by atoms with E-state index in [1.54, 1.807) is 12.1 Å². The molecule has 3 rings (SSSR count). The van der Waals surface area contributed by atoms with Gasteiger partial charge in [-0.2, -0.15) is 4.98 Å². The summed E-state index contributed by atoms with van der Waals surface area (Å²) in [7, 11) is 0. The van der Waals surface area contributed by atoms with E-state index in [0.717, 1.165) is 18.0 Å². The van der Waals surface area contributed by atoms with Crippen LogP contribution in [-0.4, -0.2) is 39.9 Å². The second-order valence-electron chi connectivity index (χ2n) is 6.57. The standard InChI is InChI=1S/C20H25N5O4S/c1-3-25(4-2)13-14-10-11-15(28-14)20(27)23-22-17(26)8-5-9-18-21-19(24-29-18)16-7-6-12-30-16/h6-7,10-12H,3-5,8-9,13H2,1-2H3,(H,22,26)(H,23,27). The van der Waals surface area contributed by atoms with E-state index in [1.165, 1.54) is 11.3 Å². The molecule has 2 N–H and O–H groups in total. The van der Waals surface area contributed by atoms with Crippen LogP contribution in [0.3, 0.4) is 0 Å². The van der Waals surface area contributed by atoms with Crippen molar-refractivity contribution in [2.75, 3.05) is 13.1 Å². The zero-order chi connectivity index (χ0) is 21.3. The lowest BCUT2D eigenvalue weighted by atomic mass is 10.2. The van der Waals surface area contributed by atoms with E-state index in [-0.39, 0.29) is 18.1 Å². The minimum atomic E-state index is -0.494. The molecule has 0 unspecified atom stereocenters. The van der Waals surface area contributed by atoms with Crippen LogP contribution in [0.25, 0.3) is 10.7 Å². The van der Waals surface area contributed by atoms with Gasteiger partial charge in [0.1, 0.15) is 5.76 Å². The molecule has 0 fully saturated rings. The highest BCUT2D eigenvalue weighted by Gasteiger charge is 2.14. The molecule has 0 saturated heterocycles. The highest BCUT2D eigenvalue weighted by atomic mass is 32.1. The molecule has 0 aromatic carbocycles. The van der Waals surface area contributed by atoms with Gasteiger partial charge in [-0.1, -0.05) is 25.1 Å². The lowest BCUT2D eigenvalue weighted by Gasteiger charge is -2.15. The van der Waals surface area contributed by atoms with Crippen molar-refractivity contribution in [1.82, 2.24) is 25.9 Å². The normalized spacial score (nSPS) is 11.0. The number of aromatic nitrogens is 2. The van der Waals surface area contributed by atoms with E-state index in [4.69, 9.17) is 8.94 Å². The first-order valence-electron chi connectivity index (χ1n) is 9.85. The van der Waals surface area contributed by atoms with Crippen molar-refractivity contribution in [2.45, 2.75) is 39.7 Å². The Morgan fingerprint density at radius 1 is 1.17 bits per heavy atom. The summed E-state index contributed by atoms with van der Waals surface area (Å²) in [6.07, 6.45) is 1.21. The minimum Gasteiger partial charge on any atom is -0.454 e. The second kappa shape index (κ2) is 10.7. The van der Waals surface area contributed by atoms with Crippen LogP contribution in [0.1, 0.15) is 48.9 Å². The minimum absolute atomic E-state index is 0.157. The Kier molecular flexibility index (Phi) is 7.75. The number of aryl methyl sites for hydroxylation is 1. The van der Waals surface area contributed by atoms with Crippen molar-refractivity contribution >= 4 is 23.2 Å². The van der Waals surface area contributed by atoms with Crippen LogP contribution in [0.15, 0.2) is 38.6 Å². The number of nitrogens with one attached hydrogen (secondary N) is 2. The molecule has 3 aromatic heterocycles. The number of rotatable bonds is 10. The first-order valence-corrected chi connectivity index (χ1v) is 10.7. The van der Waals surface area contributed by atoms with Crippen molar-refractivity contribution in [3.8, 4) is 10.7 Å². The highest BCUT2D eigenvalue weighted by molar-refractivity contribution is 7.13. The zero-order valence-corrected chi connectivity index (χ0v) is 17.8. The highest BCUT2D eigenvalue weighted by Crippen LogP contribution is 2.21. The maximum Gasteiger partial charge on any atom is 0.305 e. The average Bonchev–Trinajstić information content (AvgIpc) is 3.51. The molecule has 30 heavy (non-hydrogen) atoms. The molecule has 0 bridgehead atoms. The fourth-order valence-electron chi connectivity index (χ4n) is 2.77. The number of hydrazine groups is 1. The van der Waals surface area contributed by atoms with E-state index in [2.05, 4.69) is 39.7 Å². The van der Waals surface area contributed by atoms with Gasteiger partial charge in [-0.3, -0.25) is 25.3 Å². The molecule has 3 aromatic rings. The SMILES string of the molecule is CCN(CC)Cc1ccc(C(=O)NNC(=O)CCCc2nc(-c3cccs3)no2)o1. The molecule has 0 spiro atoms. The summed E-state index contributed by atoms with van der Waals surface area (Å²) in [5.41, 5.74) is 4.76. The summed E-state index contributed by atoms with van der Waals surface area (Å²) in [6.45, 7) is 6.56. The molecule has 2 amide bonds. The second-order valence-corrected chi connectivity index (χ2v) is 7.52. The fourth-order valence-corrected chi connectivity index (χ4v) is 3.41. The Balaban J connectivity index is 1.37. The van der Waals surface area contributed by atoms with Gasteiger partial charge in [0.15, 0.2) is 5.76 Å². The van der Waals surface area contributed by atoms with Crippen molar-refractivity contribution < 1.29 is 18.5 Å². The molecular weight excluding hydrogens is 406 g/mol. The third kappa shape index (κ3) is 6.01. The van der Waals surface area contributed by atoms with Gasteiger partial charge in [0.05, 0.1) is 11.4 Å². The molecule has 0 aliphatic rings. The average molecular weight is 432 g/mol. The van der Waals surface area contributed by atoms with Gasteiger partial charge >= 0.3 is 5.91 Å². The van der Waals surface area contributed by atoms with Crippen LogP contribution in [0, 0.1) is 0 Å². The van der Waals surface area contributed by atoms with E-state index >= 15 is 0 Å². The van der Waals surface area contributed by atoms with Gasteiger partial charge < -0.3 is 8.94 Å². The Morgan fingerprint density at radius 3 is 2.73 bits per heavy atom. The molecule has 3 heterocycles. The lowest BCUT2D eigenvalue weighted by molar-refractivity contribution is -0.121. The summed E-state index contributed by atoms with van der Waals surface area (Å²) in [5.74, 6) is 1.09. The number of amides is 2. The van der Waals surface area contributed by atoms with Crippen LogP contribution in [0.4, 0.5) is 0 Å². The van der Waals surface area contributed by atoms with Gasteiger partial charge in [0, 0.05) is 12.8 Å². The van der Waals surface area contributed by atoms with Crippen molar-refractivity contribution in [2.24, 2.45) is 0 Å². The number of carbonyl (C=O) groups is 2. The monoisotopic (exact) mass is 431 g/mol. The molecule has 160 valence electrons. The largest absolute Gasteiger partial charge is 0.454 e. The summed E-state index contributed by atoms with van der Waals surface area (Å²) >= 11 is 1.53. The van der Waals surface area contributed by atoms with Crippen LogP contribution in [-0.2, 0) is 17.8 Å². The van der Waals surface area contributed by atoms with E-state index in [1.807, 2.05) is 17.5 Å². The van der Waals surface area contributed by atoms with E-state index in [0.29, 0.717) is 36.9 Å². The smallest absolute Gasteiger partial charge is 0.305 e. The third-order valence-electron chi connectivity index (χ3n) is 4.48. The summed E-state index contributed by atoms with van der Waals surface area (Å²) < 4.78 is 10.8. The third-order valence-corrected chi connectivity index (χ3v) is 5.34. The number of thiophene rings is 1. The molecule has 0 aliphatic heterocycles. The maximum atomic E-state index is 12.1. The Hall–Kier alpha value is -2.98. The molecule has 0 saturated carbocycles. The quantitative estimate of drug-likeness (QED) is 0.474. The Labute approximate surface area is 178 Å². The Bertz CT molecular complexity index is 946. The lowest BCUT2D eigenvalue weighted by Crippen LogP contribution is -2.41. The first-order chi connectivity index (χ1) is 14.6. The van der Waals surface area contributed by atoms with Gasteiger partial charge in [0.25, 0.3) is 0 Å². The van der Waals surface area contributed by atoms with Crippen molar-refractivity contribution in [3.05, 3.63) is 47.1 Å². The fraction of sp³-hybridized carbons (Fsp3) is 0.400. The molecule has 9 nitrogen and oxygen atoms in total. The Morgan fingerprint density at radius 2 is 2.00 bits per heavy atom. The van der Waals surface area contributed by atoms with Crippen LogP contribution < -0.4 is 10.9 Å². The van der Waals surface area contributed by atoms with Gasteiger partial charge in [-0.15, -0.1) is 11.3 Å². The summed E-state index contributed by atoms with van der Waals surface area (Å²) in [4.78, 5) is 31.5. The van der Waals surface area contributed by atoms with Gasteiger partial charge in [-0.05, 0) is 43.1 Å². The molecular formula is C20H25N5O4S. The molecule has 0 aliphatic carbocycles. The predicted octanol–water partition coefficient (Wildman–Crippen LogP) is 3.02. The summed E-state index contributed by atoms with van der Waals surface area (Å²) in [6, 6.07) is 7.20. The molecule has 0 atom stereocenters. The topological polar surface area (TPSA) is 114 Å². The number of furan rings is 1. The number of nitrogens with zero attached hydrogens (tertiary/aromatic N) is 3. The van der Waals surface area contributed by atoms with Crippen molar-refractivity contribution in [1.29, 1.82) is 0 Å². The predicted molar refractivity (Wildman–Crippen MR) is 111 cm³/mol. The van der Waals surface area contributed by atoms with E-state index in [9.17, 15) is 9.59 Å². The first kappa shape index (κ1) is 21.7.